The number of rotatable bonds is 4. The number of esters is 1. The number of carbonyl (C=O) groups is 2. The highest BCUT2D eigenvalue weighted by molar-refractivity contribution is 5.83. The molecular weight excluding hydrogens is 212 g/mol. The molecule has 2 rings (SSSR count). The summed E-state index contributed by atoms with van der Waals surface area (Å²) in [5, 5.41) is 17.6. The number of carboxylic acids is 1. The van der Waals surface area contributed by atoms with Gasteiger partial charge in [-0.05, 0) is 18.3 Å². The van der Waals surface area contributed by atoms with Crippen LogP contribution in [0.2, 0.25) is 0 Å². The smallest absolute Gasteiger partial charge is 0.310 e. The Kier molecular flexibility index (Phi) is 2.96. The summed E-state index contributed by atoms with van der Waals surface area (Å²) in [5.74, 6) is -2.76. The fourth-order valence-corrected chi connectivity index (χ4v) is 2.72. The summed E-state index contributed by atoms with van der Waals surface area (Å²) in [6.07, 6.45) is 4.49. The molecule has 2 bridgehead atoms. The molecule has 0 aromatic heterocycles. The fraction of sp³-hybridized carbons (Fsp3) is 0.636. The van der Waals surface area contributed by atoms with Crippen LogP contribution < -0.4 is 0 Å². The van der Waals surface area contributed by atoms with Gasteiger partial charge in [-0.15, -0.1) is 0 Å². The molecule has 2 unspecified atom stereocenters. The predicted molar refractivity (Wildman–Crippen MR) is 53.4 cm³/mol. The average molecular weight is 226 g/mol. The first-order valence-electron chi connectivity index (χ1n) is 5.33. The van der Waals surface area contributed by atoms with Crippen molar-refractivity contribution in [1.29, 1.82) is 0 Å². The Morgan fingerprint density at radius 3 is 2.44 bits per heavy atom. The topological polar surface area (TPSA) is 83.8 Å². The van der Waals surface area contributed by atoms with Gasteiger partial charge >= 0.3 is 11.9 Å². The van der Waals surface area contributed by atoms with Gasteiger partial charge in [0.15, 0.2) is 0 Å². The standard InChI is InChI=1S/C11H14O5/c12-3-4-16-11(15)9-7-2-1-6(5-7)8(9)10(13)14/h1-2,6-9,12H,3-5H2,(H,13,14)/t6-,7+,8?,9?/m1/s1. The van der Waals surface area contributed by atoms with Gasteiger partial charge in [0, 0.05) is 0 Å². The highest BCUT2D eigenvalue weighted by Gasteiger charge is 2.52. The van der Waals surface area contributed by atoms with E-state index in [0.29, 0.717) is 0 Å². The molecule has 0 heterocycles. The van der Waals surface area contributed by atoms with Gasteiger partial charge in [-0.2, -0.15) is 0 Å². The van der Waals surface area contributed by atoms with E-state index in [1.807, 2.05) is 12.2 Å². The molecule has 0 spiro atoms. The lowest BCUT2D eigenvalue weighted by molar-refractivity contribution is -0.159. The van der Waals surface area contributed by atoms with Crippen molar-refractivity contribution in [2.45, 2.75) is 6.42 Å². The molecule has 0 aliphatic heterocycles. The van der Waals surface area contributed by atoms with Gasteiger partial charge in [0.25, 0.3) is 0 Å². The maximum atomic E-state index is 11.7. The number of aliphatic hydroxyl groups is 1. The van der Waals surface area contributed by atoms with Gasteiger partial charge in [-0.3, -0.25) is 9.59 Å². The summed E-state index contributed by atoms with van der Waals surface area (Å²) in [4.78, 5) is 22.8. The molecule has 88 valence electrons. The molecule has 16 heavy (non-hydrogen) atoms. The molecule has 2 aliphatic rings. The fourth-order valence-electron chi connectivity index (χ4n) is 2.72. The molecule has 1 saturated carbocycles. The monoisotopic (exact) mass is 226 g/mol. The third kappa shape index (κ3) is 1.71. The van der Waals surface area contributed by atoms with Gasteiger partial charge < -0.3 is 14.9 Å². The third-order valence-electron chi connectivity index (χ3n) is 3.35. The average Bonchev–Trinajstić information content (AvgIpc) is 2.84. The maximum Gasteiger partial charge on any atom is 0.310 e. The van der Waals surface area contributed by atoms with Crippen molar-refractivity contribution in [2.24, 2.45) is 23.7 Å². The van der Waals surface area contributed by atoms with Crippen LogP contribution in [0.25, 0.3) is 0 Å². The zero-order valence-corrected chi connectivity index (χ0v) is 8.70. The lowest BCUT2D eigenvalue weighted by Crippen LogP contribution is -2.34. The zero-order chi connectivity index (χ0) is 11.7. The second kappa shape index (κ2) is 4.25. The molecule has 5 nitrogen and oxygen atoms in total. The number of aliphatic carboxylic acids is 1. The summed E-state index contributed by atoms with van der Waals surface area (Å²) in [6.45, 7) is -0.303. The molecule has 4 atom stereocenters. The third-order valence-corrected chi connectivity index (χ3v) is 3.35. The van der Waals surface area contributed by atoms with Crippen LogP contribution in [0.3, 0.4) is 0 Å². The van der Waals surface area contributed by atoms with Gasteiger partial charge in [0.1, 0.15) is 6.61 Å². The van der Waals surface area contributed by atoms with Crippen LogP contribution in [0.5, 0.6) is 0 Å². The Morgan fingerprint density at radius 1 is 1.25 bits per heavy atom. The molecule has 5 heteroatoms. The second-order valence-corrected chi connectivity index (χ2v) is 4.23. The Bertz CT molecular complexity index is 335. The molecule has 2 N–H and O–H groups in total. The summed E-state index contributed by atoms with van der Waals surface area (Å²) in [5.41, 5.74) is 0. The van der Waals surface area contributed by atoms with Crippen molar-refractivity contribution < 1.29 is 24.5 Å². The van der Waals surface area contributed by atoms with Crippen molar-refractivity contribution in [3.8, 4) is 0 Å². The van der Waals surface area contributed by atoms with Crippen LogP contribution in [0, 0.1) is 23.7 Å². The Balaban J connectivity index is 2.10. The first-order valence-corrected chi connectivity index (χ1v) is 5.33. The second-order valence-electron chi connectivity index (χ2n) is 4.23. The van der Waals surface area contributed by atoms with E-state index >= 15 is 0 Å². The first kappa shape index (κ1) is 11.1. The van der Waals surface area contributed by atoms with Crippen molar-refractivity contribution in [2.75, 3.05) is 13.2 Å². The number of allylic oxidation sites excluding steroid dienone is 2. The Morgan fingerprint density at radius 2 is 1.88 bits per heavy atom. The Hall–Kier alpha value is -1.36. The summed E-state index contributed by atoms with van der Waals surface area (Å²) in [7, 11) is 0. The minimum atomic E-state index is -0.942. The number of hydrogen-bond donors (Lipinski definition) is 2. The summed E-state index contributed by atoms with van der Waals surface area (Å²) < 4.78 is 4.82. The SMILES string of the molecule is O=C(O)C1C(C(=O)OCCO)[C@H]2C=C[C@@H]1C2. The van der Waals surface area contributed by atoms with E-state index in [1.165, 1.54) is 0 Å². The van der Waals surface area contributed by atoms with Crippen LogP contribution in [-0.4, -0.2) is 35.4 Å². The molecule has 1 fully saturated rings. The lowest BCUT2D eigenvalue weighted by Gasteiger charge is -2.22. The first-order chi connectivity index (χ1) is 7.65. The lowest BCUT2D eigenvalue weighted by atomic mass is 9.83. The number of fused-ring (bicyclic) bond motifs is 2. The molecule has 0 radical (unpaired) electrons. The van der Waals surface area contributed by atoms with E-state index in [9.17, 15) is 9.59 Å². The number of carbonyl (C=O) groups excluding carboxylic acids is 1. The molecule has 0 amide bonds. The summed E-state index contributed by atoms with van der Waals surface area (Å²) in [6, 6.07) is 0. The minimum absolute atomic E-state index is 0.0164. The van der Waals surface area contributed by atoms with Gasteiger partial charge in [0.2, 0.25) is 0 Å². The molecule has 0 aromatic carbocycles. The number of hydrogen-bond acceptors (Lipinski definition) is 4. The van der Waals surface area contributed by atoms with Crippen LogP contribution in [0.1, 0.15) is 6.42 Å². The Labute approximate surface area is 92.7 Å². The van der Waals surface area contributed by atoms with Gasteiger partial charge in [0.05, 0.1) is 18.4 Å². The quantitative estimate of drug-likeness (QED) is 0.522. The minimum Gasteiger partial charge on any atom is -0.481 e. The van der Waals surface area contributed by atoms with E-state index in [-0.39, 0.29) is 25.0 Å². The van der Waals surface area contributed by atoms with Gasteiger partial charge in [-0.1, -0.05) is 12.2 Å². The molecule has 0 saturated heterocycles. The van der Waals surface area contributed by atoms with Crippen molar-refractivity contribution >= 4 is 11.9 Å². The normalized spacial score (nSPS) is 35.3. The van der Waals surface area contributed by atoms with Crippen molar-refractivity contribution in [3.05, 3.63) is 12.2 Å². The number of ether oxygens (including phenoxy) is 1. The largest absolute Gasteiger partial charge is 0.481 e. The summed E-state index contributed by atoms with van der Waals surface area (Å²) >= 11 is 0. The van der Waals surface area contributed by atoms with Crippen LogP contribution in [0.15, 0.2) is 12.2 Å². The van der Waals surface area contributed by atoms with Crippen molar-refractivity contribution in [1.82, 2.24) is 0 Å². The van der Waals surface area contributed by atoms with Gasteiger partial charge in [-0.25, -0.2) is 0 Å². The highest BCUT2D eigenvalue weighted by Crippen LogP contribution is 2.48. The molecule has 2 aliphatic carbocycles. The van der Waals surface area contributed by atoms with E-state index < -0.39 is 23.8 Å². The van der Waals surface area contributed by atoms with Crippen LogP contribution >= 0.6 is 0 Å². The number of carboxylic acid groups (broad SMARTS) is 1. The van der Waals surface area contributed by atoms with Crippen LogP contribution in [-0.2, 0) is 14.3 Å². The maximum absolute atomic E-state index is 11.7. The molecule has 0 aromatic rings. The zero-order valence-electron chi connectivity index (χ0n) is 8.70. The molecular formula is C11H14O5. The number of aliphatic hydroxyl groups excluding tert-OH is 1. The van der Waals surface area contributed by atoms with E-state index in [4.69, 9.17) is 14.9 Å². The van der Waals surface area contributed by atoms with E-state index in [0.717, 1.165) is 6.42 Å². The van der Waals surface area contributed by atoms with E-state index in [1.54, 1.807) is 0 Å². The van der Waals surface area contributed by atoms with Crippen molar-refractivity contribution in [3.63, 3.8) is 0 Å². The van der Waals surface area contributed by atoms with E-state index in [2.05, 4.69) is 0 Å². The van der Waals surface area contributed by atoms with Crippen LogP contribution in [0.4, 0.5) is 0 Å². The highest BCUT2D eigenvalue weighted by atomic mass is 16.5. The predicted octanol–water partition coefficient (Wildman–Crippen LogP) is 0.0448.